The lowest BCUT2D eigenvalue weighted by Crippen LogP contribution is -2.49. The Labute approximate surface area is 166 Å². The van der Waals surface area contributed by atoms with E-state index in [2.05, 4.69) is 21.8 Å². The monoisotopic (exact) mass is 412 g/mol. The zero-order valence-electron chi connectivity index (χ0n) is 14.5. The molecule has 1 aromatic rings. The second kappa shape index (κ2) is 7.88. The molecule has 27 heavy (non-hydrogen) atoms. The Balaban J connectivity index is 1.67. The highest BCUT2D eigenvalue weighted by atomic mass is 35.5. The Bertz CT molecular complexity index is 793. The Morgan fingerprint density at radius 1 is 1.37 bits per heavy atom. The van der Waals surface area contributed by atoms with Crippen LogP contribution in [0.5, 0.6) is 0 Å². The minimum absolute atomic E-state index is 0.174. The molecule has 1 unspecified atom stereocenters. The van der Waals surface area contributed by atoms with Gasteiger partial charge in [-0.3, -0.25) is 4.79 Å². The van der Waals surface area contributed by atoms with Gasteiger partial charge in [0.2, 0.25) is 5.60 Å². The summed E-state index contributed by atoms with van der Waals surface area (Å²) in [7, 11) is 1.29. The van der Waals surface area contributed by atoms with Crippen LogP contribution >= 0.6 is 23.2 Å². The van der Waals surface area contributed by atoms with E-state index >= 15 is 0 Å². The van der Waals surface area contributed by atoms with Crippen LogP contribution in [0.3, 0.4) is 0 Å². The van der Waals surface area contributed by atoms with E-state index in [1.54, 1.807) is 18.2 Å². The van der Waals surface area contributed by atoms with E-state index in [0.717, 1.165) is 0 Å². The third-order valence-electron chi connectivity index (χ3n) is 4.46. The maximum absolute atomic E-state index is 12.8. The summed E-state index contributed by atoms with van der Waals surface area (Å²) in [5, 5.41) is 7.76. The topological polar surface area (TPSA) is 86.2 Å². The number of methoxy groups -OCH3 is 1. The van der Waals surface area contributed by atoms with Crippen molar-refractivity contribution in [3.8, 4) is 0 Å². The number of ether oxygens (including phenoxy) is 2. The number of oxime groups is 1. The number of amides is 1. The van der Waals surface area contributed by atoms with Gasteiger partial charge >= 0.3 is 5.97 Å². The number of rotatable bonds is 5. The van der Waals surface area contributed by atoms with Gasteiger partial charge < -0.3 is 19.6 Å². The molecule has 7 nitrogen and oxygen atoms in total. The van der Waals surface area contributed by atoms with E-state index in [1.807, 2.05) is 0 Å². The summed E-state index contributed by atoms with van der Waals surface area (Å²) < 4.78 is 10.0. The molecule has 0 saturated carbocycles. The highest BCUT2D eigenvalue weighted by molar-refractivity contribution is 6.35. The zero-order valence-corrected chi connectivity index (χ0v) is 16.0. The van der Waals surface area contributed by atoms with Crippen LogP contribution in [-0.2, 0) is 23.9 Å². The lowest BCUT2D eigenvalue weighted by molar-refractivity contribution is -0.151. The standard InChI is InChI=1S/C18H18Cl2N2O5/c1-3-18(17(24)21-13-7-15(26-9-13)16(23)25-2)8-14(22-27-18)10-4-11(19)6-12(20)5-10/h3-6,13,15H,1,7-9H2,2H3,(H,21,24)/t13-,15-,18?/m1/s1. The molecule has 1 amide bonds. The molecule has 0 aromatic heterocycles. The van der Waals surface area contributed by atoms with Gasteiger partial charge in [0.15, 0.2) is 6.10 Å². The summed E-state index contributed by atoms with van der Waals surface area (Å²) in [6.45, 7) is 3.92. The minimum Gasteiger partial charge on any atom is -0.467 e. The maximum Gasteiger partial charge on any atom is 0.335 e. The molecule has 0 aliphatic carbocycles. The fourth-order valence-electron chi connectivity index (χ4n) is 2.98. The van der Waals surface area contributed by atoms with Gasteiger partial charge in [-0.15, -0.1) is 0 Å². The molecule has 9 heteroatoms. The summed E-state index contributed by atoms with van der Waals surface area (Å²) in [4.78, 5) is 29.8. The highest BCUT2D eigenvalue weighted by Crippen LogP contribution is 2.31. The predicted octanol–water partition coefficient (Wildman–Crippen LogP) is 2.49. The van der Waals surface area contributed by atoms with E-state index in [1.165, 1.54) is 13.2 Å². The molecule has 1 fully saturated rings. The van der Waals surface area contributed by atoms with E-state index < -0.39 is 23.6 Å². The van der Waals surface area contributed by atoms with Crippen molar-refractivity contribution in [3.63, 3.8) is 0 Å². The molecule has 0 radical (unpaired) electrons. The fourth-order valence-corrected chi connectivity index (χ4v) is 3.51. The van der Waals surface area contributed by atoms with Gasteiger partial charge in [0.1, 0.15) is 0 Å². The van der Waals surface area contributed by atoms with Crippen LogP contribution in [0.25, 0.3) is 0 Å². The first-order chi connectivity index (χ1) is 12.9. The first-order valence-electron chi connectivity index (χ1n) is 8.22. The molecule has 1 N–H and O–H groups in total. The summed E-state index contributed by atoms with van der Waals surface area (Å²) in [6, 6.07) is 4.65. The number of carbonyl (C=O) groups excluding carboxylic acids is 2. The summed E-state index contributed by atoms with van der Waals surface area (Å²) >= 11 is 12.1. The number of esters is 1. The fraction of sp³-hybridized carbons (Fsp3) is 0.389. The first kappa shape index (κ1) is 19.7. The van der Waals surface area contributed by atoms with Crippen molar-refractivity contribution < 1.29 is 23.9 Å². The molecular weight excluding hydrogens is 395 g/mol. The van der Waals surface area contributed by atoms with Gasteiger partial charge in [0, 0.05) is 28.5 Å². The third-order valence-corrected chi connectivity index (χ3v) is 4.89. The summed E-state index contributed by atoms with van der Waals surface area (Å²) in [6.07, 6.45) is 1.21. The number of nitrogens with one attached hydrogen (secondary N) is 1. The third kappa shape index (κ3) is 4.10. The van der Waals surface area contributed by atoms with Crippen molar-refractivity contribution in [2.75, 3.05) is 13.7 Å². The summed E-state index contributed by atoms with van der Waals surface area (Å²) in [5.74, 6) is -0.880. The number of carbonyl (C=O) groups is 2. The van der Waals surface area contributed by atoms with E-state index in [4.69, 9.17) is 32.8 Å². The average molecular weight is 413 g/mol. The molecule has 2 aliphatic rings. The maximum atomic E-state index is 12.8. The molecule has 2 heterocycles. The van der Waals surface area contributed by atoms with Crippen LogP contribution in [-0.4, -0.2) is 49.1 Å². The van der Waals surface area contributed by atoms with Gasteiger partial charge in [-0.2, -0.15) is 0 Å². The molecule has 0 bridgehead atoms. The molecule has 1 saturated heterocycles. The Kier molecular flexibility index (Phi) is 5.74. The number of halogens is 2. The minimum atomic E-state index is -1.35. The molecule has 3 atom stereocenters. The van der Waals surface area contributed by atoms with Crippen molar-refractivity contribution in [1.82, 2.24) is 5.32 Å². The molecule has 1 aromatic carbocycles. The van der Waals surface area contributed by atoms with E-state index in [-0.39, 0.29) is 19.1 Å². The van der Waals surface area contributed by atoms with Gasteiger partial charge in [-0.25, -0.2) is 4.79 Å². The molecule has 2 aliphatic heterocycles. The average Bonchev–Trinajstić information content (AvgIpc) is 3.28. The number of nitrogens with zero attached hydrogens (tertiary/aromatic N) is 1. The van der Waals surface area contributed by atoms with Crippen molar-refractivity contribution >= 4 is 40.8 Å². The van der Waals surface area contributed by atoms with Crippen molar-refractivity contribution in [2.24, 2.45) is 5.16 Å². The molecular formula is C18H18Cl2N2O5. The number of hydrogen-bond donors (Lipinski definition) is 1. The van der Waals surface area contributed by atoms with Gasteiger partial charge in [0.25, 0.3) is 5.91 Å². The van der Waals surface area contributed by atoms with Crippen LogP contribution < -0.4 is 5.32 Å². The Hall–Kier alpha value is -2.09. The summed E-state index contributed by atoms with van der Waals surface area (Å²) in [5.41, 5.74) is -0.156. The SMILES string of the molecule is C=CC1(C(=O)N[C@H]2CO[C@@H](C(=O)OC)C2)CC(c2cc(Cl)cc(Cl)c2)=NO1. The van der Waals surface area contributed by atoms with Crippen molar-refractivity contribution in [3.05, 3.63) is 46.5 Å². The van der Waals surface area contributed by atoms with Crippen LogP contribution in [0.1, 0.15) is 18.4 Å². The van der Waals surface area contributed by atoms with Gasteiger partial charge in [-0.05, 0) is 24.3 Å². The Morgan fingerprint density at radius 3 is 2.70 bits per heavy atom. The van der Waals surface area contributed by atoms with Crippen LogP contribution in [0.2, 0.25) is 10.0 Å². The van der Waals surface area contributed by atoms with Crippen LogP contribution in [0, 0.1) is 0 Å². The van der Waals surface area contributed by atoms with Crippen LogP contribution in [0.4, 0.5) is 0 Å². The normalized spacial score (nSPS) is 26.9. The second-order valence-corrected chi connectivity index (χ2v) is 7.18. The lowest BCUT2D eigenvalue weighted by atomic mass is 9.93. The second-order valence-electron chi connectivity index (χ2n) is 6.31. The Morgan fingerprint density at radius 2 is 2.07 bits per heavy atom. The number of hydrogen-bond acceptors (Lipinski definition) is 6. The molecule has 144 valence electrons. The van der Waals surface area contributed by atoms with Crippen molar-refractivity contribution in [2.45, 2.75) is 30.6 Å². The first-order valence-corrected chi connectivity index (χ1v) is 8.98. The smallest absolute Gasteiger partial charge is 0.335 e. The van der Waals surface area contributed by atoms with Gasteiger partial charge in [-0.1, -0.05) is 34.9 Å². The molecule has 0 spiro atoms. The predicted molar refractivity (Wildman–Crippen MR) is 99.9 cm³/mol. The van der Waals surface area contributed by atoms with Gasteiger partial charge in [0.05, 0.1) is 25.5 Å². The quantitative estimate of drug-likeness (QED) is 0.592. The lowest BCUT2D eigenvalue weighted by Gasteiger charge is -2.23. The zero-order chi connectivity index (χ0) is 19.6. The molecule has 3 rings (SSSR count). The van der Waals surface area contributed by atoms with Crippen molar-refractivity contribution in [1.29, 1.82) is 0 Å². The van der Waals surface area contributed by atoms with Crippen LogP contribution in [0.15, 0.2) is 36.0 Å². The highest BCUT2D eigenvalue weighted by Gasteiger charge is 2.46. The number of benzene rings is 1. The van der Waals surface area contributed by atoms with E-state index in [0.29, 0.717) is 27.7 Å². The van der Waals surface area contributed by atoms with E-state index in [9.17, 15) is 9.59 Å². The largest absolute Gasteiger partial charge is 0.467 e.